The molecule has 0 amide bonds. The van der Waals surface area contributed by atoms with E-state index < -0.39 is 102 Å². The van der Waals surface area contributed by atoms with Crippen LogP contribution in [-0.4, -0.2) is 156 Å². The van der Waals surface area contributed by atoms with Crippen LogP contribution in [0.5, 0.6) is 0 Å². The maximum Gasteiger partial charge on any atom is 0.311 e. The molecule has 0 aromatic heterocycles. The van der Waals surface area contributed by atoms with Gasteiger partial charge in [0.2, 0.25) is 0 Å². The second-order valence-corrected chi connectivity index (χ2v) is 17.2. The van der Waals surface area contributed by atoms with Crippen molar-refractivity contribution in [1.29, 1.82) is 0 Å². The minimum absolute atomic E-state index is 0.129. The zero-order valence-corrected chi connectivity index (χ0v) is 36.1. The minimum Gasteiger partial charge on any atom is -0.459 e. The molecule has 3 saturated heterocycles. The summed E-state index contributed by atoms with van der Waals surface area (Å²) in [6.45, 7) is 17.5. The van der Waals surface area contributed by atoms with Gasteiger partial charge in [0, 0.05) is 44.4 Å². The van der Waals surface area contributed by atoms with Crippen molar-refractivity contribution in [3.63, 3.8) is 0 Å². The molecule has 0 aliphatic carbocycles. The van der Waals surface area contributed by atoms with E-state index in [1.54, 1.807) is 41.7 Å². The third-order valence-electron chi connectivity index (χ3n) is 12.6. The molecule has 324 valence electrons. The highest BCUT2D eigenvalue weighted by Gasteiger charge is 2.54. The fourth-order valence-corrected chi connectivity index (χ4v) is 8.91. The zero-order chi connectivity index (χ0) is 42.5. The lowest BCUT2D eigenvalue weighted by Crippen LogP contribution is -2.61. The summed E-state index contributed by atoms with van der Waals surface area (Å²) in [6, 6.07) is -0.283. The van der Waals surface area contributed by atoms with Crippen LogP contribution in [0.3, 0.4) is 0 Å². The molecule has 0 aromatic rings. The first kappa shape index (κ1) is 48.4. The van der Waals surface area contributed by atoms with E-state index in [9.17, 15) is 25.2 Å². The summed E-state index contributed by atoms with van der Waals surface area (Å²) in [5, 5.41) is 50.8. The summed E-state index contributed by atoms with van der Waals surface area (Å²) in [4.78, 5) is 21.8. The maximum atomic E-state index is 14.4. The lowest BCUT2D eigenvalue weighted by atomic mass is 9.73. The van der Waals surface area contributed by atoms with E-state index in [-0.39, 0.29) is 38.0 Å². The molecule has 3 fully saturated rings. The molecule has 1 unspecified atom stereocenters. The topological polar surface area (TPSA) is 187 Å². The number of nitrogens with zero attached hydrogens (tertiary/aromatic N) is 2. The summed E-state index contributed by atoms with van der Waals surface area (Å²) in [5.74, 6) is -1.29. The van der Waals surface area contributed by atoms with Gasteiger partial charge >= 0.3 is 5.97 Å². The molecular formula is C41H72N2O13. The van der Waals surface area contributed by atoms with Gasteiger partial charge in [-0.1, -0.05) is 38.8 Å². The van der Waals surface area contributed by atoms with Crippen molar-refractivity contribution in [3.8, 4) is 12.3 Å². The molecule has 15 heteroatoms. The Kier molecular flexibility index (Phi) is 17.2. The lowest BCUT2D eigenvalue weighted by molar-refractivity contribution is -0.319. The number of oxime groups is 1. The number of carbonyl (C=O) groups excluding carboxylic acids is 1. The van der Waals surface area contributed by atoms with Crippen LogP contribution in [-0.2, 0) is 42.8 Å². The van der Waals surface area contributed by atoms with E-state index in [4.69, 9.17) is 44.4 Å². The van der Waals surface area contributed by atoms with Crippen molar-refractivity contribution in [1.82, 2.24) is 4.90 Å². The van der Waals surface area contributed by atoms with Gasteiger partial charge in [0.25, 0.3) is 0 Å². The highest BCUT2D eigenvalue weighted by Crippen LogP contribution is 2.42. The second kappa shape index (κ2) is 19.9. The Labute approximate surface area is 334 Å². The molecule has 0 aromatic carbocycles. The number of esters is 1. The quantitative estimate of drug-likeness (QED) is 0.109. The Hall–Kier alpha value is -1.94. The minimum atomic E-state index is -1.93. The van der Waals surface area contributed by atoms with Crippen LogP contribution in [0.25, 0.3) is 0 Å². The largest absolute Gasteiger partial charge is 0.459 e. The van der Waals surface area contributed by atoms with E-state index in [0.717, 1.165) is 0 Å². The number of ether oxygens (including phenoxy) is 7. The van der Waals surface area contributed by atoms with Gasteiger partial charge in [-0.3, -0.25) is 4.79 Å². The Morgan fingerprint density at radius 2 is 1.55 bits per heavy atom. The molecule has 0 saturated carbocycles. The summed E-state index contributed by atoms with van der Waals surface area (Å²) < 4.78 is 44.5. The van der Waals surface area contributed by atoms with E-state index in [0.29, 0.717) is 12.1 Å². The average Bonchev–Trinajstić information content (AvgIpc) is 3.14. The number of hydrogen-bond donors (Lipinski definition) is 4. The first-order chi connectivity index (χ1) is 26.0. The molecule has 4 N–H and O–H groups in total. The first-order valence-corrected chi connectivity index (χ1v) is 20.0. The molecular weight excluding hydrogens is 728 g/mol. The lowest BCUT2D eigenvalue weighted by Gasteiger charge is -2.50. The van der Waals surface area contributed by atoms with Crippen molar-refractivity contribution in [2.45, 2.75) is 179 Å². The van der Waals surface area contributed by atoms with Gasteiger partial charge in [-0.2, -0.15) is 0 Å². The summed E-state index contributed by atoms with van der Waals surface area (Å²) in [5.41, 5.74) is -3.78. The van der Waals surface area contributed by atoms with Crippen molar-refractivity contribution in [3.05, 3.63) is 0 Å². The van der Waals surface area contributed by atoms with Gasteiger partial charge in [0.15, 0.2) is 19.2 Å². The third kappa shape index (κ3) is 10.6. The van der Waals surface area contributed by atoms with Crippen molar-refractivity contribution >= 4 is 11.7 Å². The van der Waals surface area contributed by atoms with Crippen molar-refractivity contribution in [2.24, 2.45) is 28.8 Å². The highest BCUT2D eigenvalue weighted by atomic mass is 16.7. The van der Waals surface area contributed by atoms with E-state index >= 15 is 0 Å². The molecule has 0 bridgehead atoms. The summed E-state index contributed by atoms with van der Waals surface area (Å²) in [6.07, 6.45) is -2.97. The molecule has 3 heterocycles. The van der Waals surface area contributed by atoms with Crippen LogP contribution in [0.4, 0.5) is 0 Å². The average molecular weight is 801 g/mol. The normalized spacial score (nSPS) is 46.9. The standard InChI is InChI=1S/C41H72N2O13/c1-16-18-51-42-31-22(3)20-40(10,50-15)36(56-38-32(44)28(43(12)13)19-23(4)52-38)25(6)33(55-30-21-39(9,49-14)35(46)27(8)53-30)26(7)37(47)54-29(17-2)41(11,48)34(45)24(31)5/h1,22-30,32-36,38,44-46,48H,17-21H2,2-15H3/b42-31+/t22-,23-,24+,25+,26-,27+,28+,29-,30?,32-,33+,34-,35+,36-,38+,39-,40-,41-/m1/s1. The Bertz CT molecular complexity index is 1340. The van der Waals surface area contributed by atoms with Crippen LogP contribution in [0, 0.1) is 36.0 Å². The van der Waals surface area contributed by atoms with E-state index in [1.165, 1.54) is 14.0 Å². The van der Waals surface area contributed by atoms with Gasteiger partial charge in [-0.05, 0) is 74.9 Å². The molecule has 15 nitrogen and oxygen atoms in total. The number of rotatable bonds is 10. The zero-order valence-electron chi connectivity index (χ0n) is 36.1. The fraction of sp³-hybridized carbons (Fsp3) is 0.902. The highest BCUT2D eigenvalue weighted by molar-refractivity contribution is 5.88. The Balaban J connectivity index is 2.29. The van der Waals surface area contributed by atoms with Crippen LogP contribution >= 0.6 is 0 Å². The number of likely N-dealkylation sites (N-methyl/N-ethyl adjacent to an activating group) is 1. The number of methoxy groups -OCH3 is 2. The monoisotopic (exact) mass is 801 g/mol. The molecule has 3 rings (SSSR count). The summed E-state index contributed by atoms with van der Waals surface area (Å²) >= 11 is 0. The van der Waals surface area contributed by atoms with Gasteiger partial charge < -0.3 is 63.3 Å². The van der Waals surface area contributed by atoms with Crippen molar-refractivity contribution < 1.29 is 63.2 Å². The van der Waals surface area contributed by atoms with E-state index in [2.05, 4.69) is 11.1 Å². The van der Waals surface area contributed by atoms with Crippen molar-refractivity contribution in [2.75, 3.05) is 34.9 Å². The van der Waals surface area contributed by atoms with Crippen LogP contribution in [0.15, 0.2) is 5.16 Å². The molecule has 0 spiro atoms. The smallest absolute Gasteiger partial charge is 0.311 e. The molecule has 3 aliphatic rings. The SMILES string of the molecule is C#CCO/N=C1\[C@H](C)C[C@@](C)(OC)[C@H](O[C@@H]2O[C@H](C)C[C@H](N(C)C)[C@H]2O)[C@@H](C)[C@H](OC2C[C@@](C)(OC)[C@@H](O)[C@H](C)O2)[C@@H](C)C(=O)O[C@H](CC)[C@@](C)(O)[C@H](O)[C@H]1C. The van der Waals surface area contributed by atoms with Gasteiger partial charge in [-0.25, -0.2) is 0 Å². The molecule has 0 radical (unpaired) electrons. The van der Waals surface area contributed by atoms with Crippen LogP contribution in [0.1, 0.15) is 94.9 Å². The molecule has 3 aliphatic heterocycles. The number of cyclic esters (lactones) is 1. The van der Waals surface area contributed by atoms with Crippen LogP contribution < -0.4 is 0 Å². The molecule has 18 atom stereocenters. The molecule has 56 heavy (non-hydrogen) atoms. The maximum absolute atomic E-state index is 14.4. The predicted molar refractivity (Wildman–Crippen MR) is 208 cm³/mol. The first-order valence-electron chi connectivity index (χ1n) is 20.0. The third-order valence-corrected chi connectivity index (χ3v) is 12.6. The second-order valence-electron chi connectivity index (χ2n) is 17.2. The van der Waals surface area contributed by atoms with Gasteiger partial charge in [-0.15, -0.1) is 6.42 Å². The Morgan fingerprint density at radius 3 is 2.11 bits per heavy atom. The number of carbonyl (C=O) groups is 1. The number of terminal acetylenes is 1. The van der Waals surface area contributed by atoms with Crippen LogP contribution in [0.2, 0.25) is 0 Å². The number of hydrogen-bond acceptors (Lipinski definition) is 15. The predicted octanol–water partition coefficient (Wildman–Crippen LogP) is 2.88. The van der Waals surface area contributed by atoms with Gasteiger partial charge in [0.1, 0.15) is 23.9 Å². The summed E-state index contributed by atoms with van der Waals surface area (Å²) in [7, 11) is 6.84. The number of aliphatic hydroxyl groups is 4. The fourth-order valence-electron chi connectivity index (χ4n) is 8.91. The number of aliphatic hydroxyl groups excluding tert-OH is 3. The Morgan fingerprint density at radius 1 is 0.929 bits per heavy atom. The van der Waals surface area contributed by atoms with E-state index in [1.807, 2.05) is 46.7 Å². The van der Waals surface area contributed by atoms with Gasteiger partial charge in [0.05, 0.1) is 53.4 Å².